The molecule has 0 amide bonds. The molecule has 112 valence electrons. The first-order valence-corrected chi connectivity index (χ1v) is 7.02. The van der Waals surface area contributed by atoms with Gasteiger partial charge in [0.05, 0.1) is 5.92 Å². The van der Waals surface area contributed by atoms with E-state index in [1.54, 1.807) is 0 Å². The van der Waals surface area contributed by atoms with Crippen molar-refractivity contribution < 1.29 is 13.2 Å². The second-order valence-corrected chi connectivity index (χ2v) is 5.67. The number of benzene rings is 1. The quantitative estimate of drug-likeness (QED) is 0.654. The van der Waals surface area contributed by atoms with E-state index < -0.39 is 12.1 Å². The summed E-state index contributed by atoms with van der Waals surface area (Å²) in [5, 5.41) is 0. The van der Waals surface area contributed by atoms with E-state index in [1.165, 1.54) is 0 Å². The molecule has 0 aliphatic heterocycles. The van der Waals surface area contributed by atoms with Crippen LogP contribution in [-0.4, -0.2) is 6.18 Å². The van der Waals surface area contributed by atoms with E-state index in [-0.39, 0.29) is 24.8 Å². The van der Waals surface area contributed by atoms with Crippen LogP contribution in [0.25, 0.3) is 0 Å². The van der Waals surface area contributed by atoms with Gasteiger partial charge in [-0.05, 0) is 43.2 Å². The third-order valence-electron chi connectivity index (χ3n) is 4.35. The first-order valence-electron chi connectivity index (χ1n) is 7.02. The van der Waals surface area contributed by atoms with Crippen molar-refractivity contribution in [3.63, 3.8) is 0 Å². The minimum absolute atomic E-state index is 0.0681. The van der Waals surface area contributed by atoms with Crippen LogP contribution < -0.4 is 11.3 Å². The topological polar surface area (TPSA) is 38.0 Å². The number of hydrogen-bond donors (Lipinski definition) is 2. The van der Waals surface area contributed by atoms with Crippen molar-refractivity contribution in [2.24, 2.45) is 17.7 Å². The molecular weight excluding hydrogens is 265 g/mol. The Morgan fingerprint density at radius 2 is 1.95 bits per heavy atom. The lowest BCUT2D eigenvalue weighted by Gasteiger charge is -2.35. The summed E-state index contributed by atoms with van der Waals surface area (Å²) in [6, 6.07) is 7.52. The van der Waals surface area contributed by atoms with Gasteiger partial charge in [-0.25, -0.2) is 0 Å². The maximum atomic E-state index is 12.9. The summed E-state index contributed by atoms with van der Waals surface area (Å²) >= 11 is 0. The number of hydrazine groups is 1. The smallest absolute Gasteiger partial charge is 0.271 e. The van der Waals surface area contributed by atoms with Crippen molar-refractivity contribution in [2.45, 2.75) is 44.8 Å². The van der Waals surface area contributed by atoms with Crippen LogP contribution >= 0.6 is 0 Å². The lowest BCUT2D eigenvalue weighted by Crippen LogP contribution is -2.38. The fraction of sp³-hybridized carbons (Fsp3) is 0.600. The summed E-state index contributed by atoms with van der Waals surface area (Å²) in [7, 11) is 0. The van der Waals surface area contributed by atoms with Gasteiger partial charge in [0.2, 0.25) is 0 Å². The molecule has 1 saturated carbocycles. The molecule has 0 radical (unpaired) electrons. The lowest BCUT2D eigenvalue weighted by molar-refractivity contribution is -0.186. The molecule has 2 nitrogen and oxygen atoms in total. The second-order valence-electron chi connectivity index (χ2n) is 5.67. The predicted octanol–water partition coefficient (Wildman–Crippen LogP) is 3.87. The molecule has 2 rings (SSSR count). The van der Waals surface area contributed by atoms with Gasteiger partial charge in [-0.15, -0.1) is 0 Å². The molecule has 20 heavy (non-hydrogen) atoms. The number of nitrogens with one attached hydrogen (secondary N) is 1. The predicted molar refractivity (Wildman–Crippen MR) is 72.7 cm³/mol. The highest BCUT2D eigenvalue weighted by atomic mass is 19.4. The third kappa shape index (κ3) is 3.33. The molecule has 0 saturated heterocycles. The monoisotopic (exact) mass is 286 g/mol. The van der Waals surface area contributed by atoms with Crippen molar-refractivity contribution in [1.82, 2.24) is 5.43 Å². The largest absolute Gasteiger partial charge is 0.391 e. The Labute approximate surface area is 117 Å². The van der Waals surface area contributed by atoms with Crippen LogP contribution in [0.4, 0.5) is 13.2 Å². The molecule has 3 N–H and O–H groups in total. The van der Waals surface area contributed by atoms with E-state index in [1.807, 2.05) is 31.2 Å². The second kappa shape index (κ2) is 6.14. The van der Waals surface area contributed by atoms with Crippen LogP contribution in [0.5, 0.6) is 0 Å². The van der Waals surface area contributed by atoms with Crippen molar-refractivity contribution in [1.29, 1.82) is 0 Å². The number of aryl methyl sites for hydroxylation is 1. The molecule has 3 atom stereocenters. The maximum absolute atomic E-state index is 12.9. The number of alkyl halides is 3. The fourth-order valence-corrected chi connectivity index (χ4v) is 3.24. The van der Waals surface area contributed by atoms with Gasteiger partial charge in [-0.3, -0.25) is 11.3 Å². The molecule has 3 unspecified atom stereocenters. The molecule has 1 fully saturated rings. The van der Waals surface area contributed by atoms with Crippen molar-refractivity contribution in [3.05, 3.63) is 35.4 Å². The van der Waals surface area contributed by atoms with Gasteiger partial charge in [-0.1, -0.05) is 30.7 Å². The van der Waals surface area contributed by atoms with Crippen molar-refractivity contribution >= 4 is 0 Å². The minimum Gasteiger partial charge on any atom is -0.271 e. The van der Waals surface area contributed by atoms with Crippen LogP contribution in [0.3, 0.4) is 0 Å². The van der Waals surface area contributed by atoms with Crippen molar-refractivity contribution in [3.8, 4) is 0 Å². The zero-order valence-corrected chi connectivity index (χ0v) is 11.6. The SMILES string of the molecule is Cc1ccccc1C(NN)C1CCCC(C(F)(F)F)C1. The summed E-state index contributed by atoms with van der Waals surface area (Å²) in [4.78, 5) is 0. The number of hydrogen-bond acceptors (Lipinski definition) is 2. The van der Waals surface area contributed by atoms with E-state index >= 15 is 0 Å². The fourth-order valence-electron chi connectivity index (χ4n) is 3.24. The van der Waals surface area contributed by atoms with E-state index in [0.717, 1.165) is 17.5 Å². The van der Waals surface area contributed by atoms with Crippen LogP contribution in [0, 0.1) is 18.8 Å². The molecule has 1 aliphatic carbocycles. The van der Waals surface area contributed by atoms with Crippen LogP contribution in [0.15, 0.2) is 24.3 Å². The molecule has 0 bridgehead atoms. The van der Waals surface area contributed by atoms with Gasteiger partial charge in [-0.2, -0.15) is 13.2 Å². The summed E-state index contributed by atoms with van der Waals surface area (Å²) < 4.78 is 38.7. The summed E-state index contributed by atoms with van der Waals surface area (Å²) in [5.74, 6) is 4.37. The number of nitrogens with two attached hydrogens (primary N) is 1. The normalized spacial score (nSPS) is 25.4. The molecular formula is C15H21F3N2. The summed E-state index contributed by atoms with van der Waals surface area (Å²) in [6.45, 7) is 1.96. The molecule has 0 heterocycles. The number of rotatable bonds is 3. The van der Waals surface area contributed by atoms with E-state index in [0.29, 0.717) is 6.42 Å². The average Bonchev–Trinajstić information content (AvgIpc) is 2.41. The Morgan fingerprint density at radius 3 is 2.55 bits per heavy atom. The first-order chi connectivity index (χ1) is 9.43. The summed E-state index contributed by atoms with van der Waals surface area (Å²) in [6.07, 6.45) is -2.30. The zero-order valence-electron chi connectivity index (χ0n) is 11.6. The Morgan fingerprint density at radius 1 is 1.25 bits per heavy atom. The first kappa shape index (κ1) is 15.3. The highest BCUT2D eigenvalue weighted by Gasteiger charge is 2.43. The highest BCUT2D eigenvalue weighted by Crippen LogP contribution is 2.44. The molecule has 5 heteroatoms. The van der Waals surface area contributed by atoms with Crippen LogP contribution in [0.2, 0.25) is 0 Å². The van der Waals surface area contributed by atoms with Gasteiger partial charge in [0.15, 0.2) is 0 Å². The van der Waals surface area contributed by atoms with Gasteiger partial charge < -0.3 is 0 Å². The van der Waals surface area contributed by atoms with Crippen molar-refractivity contribution in [2.75, 3.05) is 0 Å². The lowest BCUT2D eigenvalue weighted by atomic mass is 9.75. The van der Waals surface area contributed by atoms with Crippen LogP contribution in [-0.2, 0) is 0 Å². The molecule has 1 aromatic carbocycles. The average molecular weight is 286 g/mol. The molecule has 1 aliphatic rings. The highest BCUT2D eigenvalue weighted by molar-refractivity contribution is 5.29. The Bertz CT molecular complexity index is 445. The van der Waals surface area contributed by atoms with Gasteiger partial charge in [0.25, 0.3) is 0 Å². The zero-order chi connectivity index (χ0) is 14.8. The number of halogens is 3. The van der Waals surface area contributed by atoms with E-state index in [4.69, 9.17) is 5.84 Å². The Kier molecular flexibility index (Phi) is 4.70. The third-order valence-corrected chi connectivity index (χ3v) is 4.35. The van der Waals surface area contributed by atoms with E-state index in [9.17, 15) is 13.2 Å². The van der Waals surface area contributed by atoms with Gasteiger partial charge >= 0.3 is 6.18 Å². The Balaban J connectivity index is 2.18. The molecule has 0 spiro atoms. The van der Waals surface area contributed by atoms with Crippen LogP contribution in [0.1, 0.15) is 42.9 Å². The Hall–Kier alpha value is -1.07. The van der Waals surface area contributed by atoms with Gasteiger partial charge in [0, 0.05) is 6.04 Å². The van der Waals surface area contributed by atoms with E-state index in [2.05, 4.69) is 5.43 Å². The standard InChI is InChI=1S/C15H21F3N2/c1-10-5-2-3-8-13(10)14(20-19)11-6-4-7-12(9-11)15(16,17)18/h2-3,5,8,11-12,14,20H,4,6-7,9,19H2,1H3. The van der Waals surface area contributed by atoms with Gasteiger partial charge in [0.1, 0.15) is 0 Å². The maximum Gasteiger partial charge on any atom is 0.391 e. The minimum atomic E-state index is -4.09. The molecule has 0 aromatic heterocycles. The summed E-state index contributed by atoms with van der Waals surface area (Å²) in [5.41, 5.74) is 4.80. The molecule has 1 aromatic rings.